The van der Waals surface area contributed by atoms with Gasteiger partial charge in [-0.25, -0.2) is 9.07 Å². The first-order valence-corrected chi connectivity index (χ1v) is 10.4. The van der Waals surface area contributed by atoms with Crippen LogP contribution in [0.2, 0.25) is 0 Å². The number of benzene rings is 2. The maximum absolute atomic E-state index is 14.4. The molecule has 4 nitrogen and oxygen atoms in total. The first-order chi connectivity index (χ1) is 14.2. The van der Waals surface area contributed by atoms with Crippen LogP contribution in [0.25, 0.3) is 27.8 Å². The molecule has 1 aliphatic heterocycles. The summed E-state index contributed by atoms with van der Waals surface area (Å²) in [5.74, 6) is -0.227. The molecule has 156 valence electrons. The highest BCUT2D eigenvalue weighted by atomic mass is 35.5. The smallest absolute Gasteiger partial charge is 0.147 e. The minimum absolute atomic E-state index is 0. The van der Waals surface area contributed by atoms with Crippen LogP contribution in [0.4, 0.5) is 4.39 Å². The summed E-state index contributed by atoms with van der Waals surface area (Å²) < 4.78 is 16.5. The van der Waals surface area contributed by atoms with Crippen LogP contribution in [-0.4, -0.2) is 21.3 Å². The van der Waals surface area contributed by atoms with Crippen molar-refractivity contribution in [2.75, 3.05) is 6.54 Å². The van der Waals surface area contributed by atoms with Crippen molar-refractivity contribution in [1.82, 2.24) is 20.1 Å². The lowest BCUT2D eigenvalue weighted by atomic mass is 9.98. The normalized spacial score (nSPS) is 13.3. The molecule has 0 amide bonds. The highest BCUT2D eigenvalue weighted by Gasteiger charge is 2.26. The second kappa shape index (κ2) is 8.25. The van der Waals surface area contributed by atoms with Crippen molar-refractivity contribution in [2.24, 2.45) is 0 Å². The molecule has 30 heavy (non-hydrogen) atoms. The van der Waals surface area contributed by atoms with Crippen LogP contribution in [0.3, 0.4) is 0 Å². The third kappa shape index (κ3) is 3.13. The van der Waals surface area contributed by atoms with Crippen molar-refractivity contribution >= 4 is 23.3 Å². The van der Waals surface area contributed by atoms with Gasteiger partial charge in [-0.1, -0.05) is 32.0 Å². The Bertz CT molecular complexity index is 1190. The van der Waals surface area contributed by atoms with Crippen LogP contribution in [-0.2, 0) is 25.8 Å². The van der Waals surface area contributed by atoms with Crippen LogP contribution in [0, 0.1) is 5.82 Å². The molecule has 2 aromatic carbocycles. The molecule has 2 N–H and O–H groups in total. The zero-order chi connectivity index (χ0) is 20.0. The summed E-state index contributed by atoms with van der Waals surface area (Å²) in [5.41, 5.74) is 8.75. The number of rotatable bonds is 4. The summed E-state index contributed by atoms with van der Waals surface area (Å²) in [6.07, 6.45) is 4.59. The second-order valence-corrected chi connectivity index (χ2v) is 7.61. The number of halogens is 2. The number of nitrogens with zero attached hydrogens (tertiary/aromatic N) is 2. The number of fused-ring (bicyclic) bond motifs is 2. The minimum Gasteiger partial charge on any atom is -0.359 e. The first kappa shape index (κ1) is 20.6. The van der Waals surface area contributed by atoms with Crippen LogP contribution in [0.15, 0.2) is 42.6 Å². The fourth-order valence-corrected chi connectivity index (χ4v) is 4.56. The van der Waals surface area contributed by atoms with Gasteiger partial charge in [0.2, 0.25) is 0 Å². The predicted molar refractivity (Wildman–Crippen MR) is 122 cm³/mol. The Hall–Kier alpha value is -2.63. The van der Waals surface area contributed by atoms with E-state index in [0.717, 1.165) is 54.7 Å². The standard InChI is InChI=1S/C24H25FN4.ClH/c1-3-15-6-5-7-16(4-2)23(15)29-24(19-14-26-12-11-21(19)28-29)18-8-9-20(25)22-17(18)10-13-27-22;/h5-10,13,26-27H,3-4,11-12,14H2,1-2H3;1H. The third-order valence-corrected chi connectivity index (χ3v) is 6.01. The molecule has 0 atom stereocenters. The zero-order valence-electron chi connectivity index (χ0n) is 17.3. The van der Waals surface area contributed by atoms with Gasteiger partial charge >= 0.3 is 0 Å². The lowest BCUT2D eigenvalue weighted by Crippen LogP contribution is -2.23. The molecular formula is C24H26ClFN4. The Balaban J connectivity index is 0.00000218. The molecule has 3 heterocycles. The van der Waals surface area contributed by atoms with Crippen LogP contribution >= 0.6 is 12.4 Å². The molecule has 2 aromatic heterocycles. The van der Waals surface area contributed by atoms with E-state index in [4.69, 9.17) is 5.10 Å². The maximum atomic E-state index is 14.4. The molecule has 6 heteroatoms. The van der Waals surface area contributed by atoms with Gasteiger partial charge in [-0.15, -0.1) is 12.4 Å². The van der Waals surface area contributed by atoms with E-state index in [-0.39, 0.29) is 18.2 Å². The highest BCUT2D eigenvalue weighted by molar-refractivity contribution is 5.96. The second-order valence-electron chi connectivity index (χ2n) is 7.61. The molecule has 0 bridgehead atoms. The monoisotopic (exact) mass is 424 g/mol. The van der Waals surface area contributed by atoms with Gasteiger partial charge in [0.05, 0.1) is 22.6 Å². The van der Waals surface area contributed by atoms with Gasteiger partial charge in [0.15, 0.2) is 0 Å². The van der Waals surface area contributed by atoms with Crippen molar-refractivity contribution in [3.8, 4) is 16.9 Å². The third-order valence-electron chi connectivity index (χ3n) is 6.01. The van der Waals surface area contributed by atoms with E-state index in [1.807, 2.05) is 12.1 Å². The molecule has 0 fully saturated rings. The summed E-state index contributed by atoms with van der Waals surface area (Å²) in [5, 5.41) is 9.49. The van der Waals surface area contributed by atoms with Gasteiger partial charge in [-0.2, -0.15) is 5.10 Å². The lowest BCUT2D eigenvalue weighted by molar-refractivity contribution is 0.635. The van der Waals surface area contributed by atoms with Crippen molar-refractivity contribution in [3.05, 3.63) is 70.8 Å². The Kier molecular flexibility index (Phi) is 5.67. The number of H-pyrrole nitrogens is 1. The number of aryl methyl sites for hydroxylation is 2. The van der Waals surface area contributed by atoms with Crippen molar-refractivity contribution in [2.45, 2.75) is 39.7 Å². The molecule has 0 saturated carbocycles. The molecule has 1 aliphatic rings. The Morgan fingerprint density at radius 2 is 1.83 bits per heavy atom. The molecule has 0 spiro atoms. The lowest BCUT2D eigenvalue weighted by Gasteiger charge is -2.18. The number of hydrogen-bond acceptors (Lipinski definition) is 2. The highest BCUT2D eigenvalue weighted by Crippen LogP contribution is 2.37. The molecule has 0 unspecified atom stereocenters. The van der Waals surface area contributed by atoms with E-state index in [2.05, 4.69) is 47.0 Å². The summed E-state index contributed by atoms with van der Waals surface area (Å²) in [7, 11) is 0. The summed E-state index contributed by atoms with van der Waals surface area (Å²) >= 11 is 0. The topological polar surface area (TPSA) is 45.6 Å². The molecule has 0 radical (unpaired) electrons. The zero-order valence-corrected chi connectivity index (χ0v) is 18.1. The van der Waals surface area contributed by atoms with E-state index in [1.54, 1.807) is 12.3 Å². The predicted octanol–water partition coefficient (Wildman–Crippen LogP) is 5.35. The van der Waals surface area contributed by atoms with Gasteiger partial charge < -0.3 is 10.3 Å². The fraction of sp³-hybridized carbons (Fsp3) is 0.292. The summed E-state index contributed by atoms with van der Waals surface area (Å²) in [6, 6.07) is 11.9. The van der Waals surface area contributed by atoms with E-state index >= 15 is 0 Å². The van der Waals surface area contributed by atoms with Crippen LogP contribution in [0.1, 0.15) is 36.2 Å². The van der Waals surface area contributed by atoms with E-state index < -0.39 is 0 Å². The number of aromatic amines is 1. The molecule has 0 saturated heterocycles. The maximum Gasteiger partial charge on any atom is 0.147 e. The van der Waals surface area contributed by atoms with Crippen molar-refractivity contribution < 1.29 is 4.39 Å². The van der Waals surface area contributed by atoms with Gasteiger partial charge in [0.25, 0.3) is 0 Å². The van der Waals surface area contributed by atoms with Crippen LogP contribution < -0.4 is 5.32 Å². The van der Waals surface area contributed by atoms with Gasteiger partial charge in [0.1, 0.15) is 5.82 Å². The average Bonchev–Trinajstić information content (AvgIpc) is 3.39. The Morgan fingerprint density at radius 1 is 1.07 bits per heavy atom. The minimum atomic E-state index is -0.227. The Morgan fingerprint density at radius 3 is 2.57 bits per heavy atom. The first-order valence-electron chi connectivity index (χ1n) is 10.4. The molecular weight excluding hydrogens is 399 g/mol. The largest absolute Gasteiger partial charge is 0.359 e. The van der Waals surface area contributed by atoms with Gasteiger partial charge in [-0.3, -0.25) is 0 Å². The van der Waals surface area contributed by atoms with Crippen molar-refractivity contribution in [1.29, 1.82) is 0 Å². The van der Waals surface area contributed by atoms with E-state index in [0.29, 0.717) is 5.52 Å². The number of nitrogens with one attached hydrogen (secondary N) is 2. The summed E-state index contributed by atoms with van der Waals surface area (Å²) in [6.45, 7) is 6.09. The van der Waals surface area contributed by atoms with Crippen molar-refractivity contribution in [3.63, 3.8) is 0 Å². The SMILES string of the molecule is CCc1cccc(CC)c1-n1nc2c(c1-c1ccc(F)c3[nH]ccc13)CNCC2.Cl. The molecule has 5 rings (SSSR count). The quantitative estimate of drug-likeness (QED) is 0.463. The fourth-order valence-electron chi connectivity index (χ4n) is 4.56. The van der Waals surface area contributed by atoms with E-state index in [1.165, 1.54) is 22.4 Å². The van der Waals surface area contributed by atoms with E-state index in [9.17, 15) is 4.39 Å². The van der Waals surface area contributed by atoms with Gasteiger partial charge in [-0.05, 0) is 42.2 Å². The number of hydrogen-bond donors (Lipinski definition) is 2. The molecule has 0 aliphatic carbocycles. The average molecular weight is 425 g/mol. The van der Waals surface area contributed by atoms with Gasteiger partial charge in [0, 0.05) is 42.2 Å². The number of para-hydroxylation sites is 1. The summed E-state index contributed by atoms with van der Waals surface area (Å²) in [4.78, 5) is 3.05. The molecule has 4 aromatic rings. The Labute approximate surface area is 181 Å². The van der Waals surface area contributed by atoms with Crippen LogP contribution in [0.5, 0.6) is 0 Å². The number of aromatic nitrogens is 3.